The summed E-state index contributed by atoms with van der Waals surface area (Å²) in [5, 5.41) is 23.1. The van der Waals surface area contributed by atoms with E-state index in [1.807, 2.05) is 0 Å². The maximum absolute atomic E-state index is 13.2. The summed E-state index contributed by atoms with van der Waals surface area (Å²) in [6, 6.07) is -4.49. The Morgan fingerprint density at radius 3 is 2.12 bits per heavy atom. The van der Waals surface area contributed by atoms with Gasteiger partial charge in [0.25, 0.3) is 0 Å². The number of carbonyl (C=O) groups excluding carboxylic acids is 4. The van der Waals surface area contributed by atoms with Crippen LogP contribution in [0.25, 0.3) is 0 Å². The summed E-state index contributed by atoms with van der Waals surface area (Å²) < 4.78 is 0. The Morgan fingerprint density at radius 2 is 1.61 bits per heavy atom. The summed E-state index contributed by atoms with van der Waals surface area (Å²) in [6.45, 7) is 3.61. The Balaban J connectivity index is 2.97. The van der Waals surface area contributed by atoms with E-state index in [0.717, 1.165) is 0 Å². The molecular weight excluding hydrogens is 438 g/mol. The van der Waals surface area contributed by atoms with E-state index in [2.05, 4.69) is 10.6 Å². The van der Waals surface area contributed by atoms with Crippen LogP contribution in [0.1, 0.15) is 52.4 Å². The molecule has 0 aromatic heterocycles. The predicted molar refractivity (Wildman–Crippen MR) is 114 cm³/mol. The Kier molecular flexibility index (Phi) is 10.7. The normalized spacial score (nSPS) is 18.3. The molecule has 13 nitrogen and oxygen atoms in total. The molecule has 186 valence electrons. The standard InChI is InChI=1S/C20H33N5O8/c1-10(2)16(22)18(30)23-11(6-8-15(27)28)19(31)25-9-3-4-13(25)17(29)24-12(20(32)33)5-7-14(21)26/h10-13,16H,3-9,22H2,1-2H3,(H2,21,26)(H,23,30)(H,24,29)(H,27,28)(H,32,33). The average molecular weight is 472 g/mol. The van der Waals surface area contributed by atoms with Crippen molar-refractivity contribution >= 4 is 35.6 Å². The minimum Gasteiger partial charge on any atom is -0.481 e. The van der Waals surface area contributed by atoms with Gasteiger partial charge in [-0.1, -0.05) is 13.8 Å². The maximum Gasteiger partial charge on any atom is 0.326 e. The van der Waals surface area contributed by atoms with Crippen LogP contribution in [0.15, 0.2) is 0 Å². The molecule has 4 atom stereocenters. The number of nitrogens with zero attached hydrogens (tertiary/aromatic N) is 1. The number of rotatable bonds is 13. The third kappa shape index (κ3) is 8.67. The summed E-state index contributed by atoms with van der Waals surface area (Å²) >= 11 is 0. The van der Waals surface area contributed by atoms with Crippen molar-refractivity contribution in [3.05, 3.63) is 0 Å². The van der Waals surface area contributed by atoms with Crippen molar-refractivity contribution in [1.82, 2.24) is 15.5 Å². The lowest BCUT2D eigenvalue weighted by molar-refractivity contribution is -0.145. The van der Waals surface area contributed by atoms with Crippen LogP contribution in [0, 0.1) is 5.92 Å². The van der Waals surface area contributed by atoms with E-state index < -0.39 is 66.2 Å². The molecule has 0 aromatic carbocycles. The van der Waals surface area contributed by atoms with Crippen molar-refractivity contribution in [3.63, 3.8) is 0 Å². The highest BCUT2D eigenvalue weighted by molar-refractivity contribution is 5.94. The van der Waals surface area contributed by atoms with Gasteiger partial charge in [-0.3, -0.25) is 24.0 Å². The second-order valence-electron chi connectivity index (χ2n) is 8.36. The first-order chi connectivity index (χ1) is 15.3. The number of carboxylic acid groups (broad SMARTS) is 2. The Labute approximate surface area is 191 Å². The lowest BCUT2D eigenvalue weighted by Crippen LogP contribution is -2.57. The summed E-state index contributed by atoms with van der Waals surface area (Å²) in [7, 11) is 0. The number of hydrogen-bond donors (Lipinski definition) is 6. The van der Waals surface area contributed by atoms with Crippen LogP contribution in [0.5, 0.6) is 0 Å². The quantitative estimate of drug-likeness (QED) is 0.177. The monoisotopic (exact) mass is 471 g/mol. The van der Waals surface area contributed by atoms with Gasteiger partial charge in [-0.2, -0.15) is 0 Å². The first-order valence-electron chi connectivity index (χ1n) is 10.7. The molecule has 1 rings (SSSR count). The fraction of sp³-hybridized carbons (Fsp3) is 0.700. The van der Waals surface area contributed by atoms with Crippen LogP contribution >= 0.6 is 0 Å². The Hall–Kier alpha value is -3.22. The number of aliphatic carboxylic acids is 2. The van der Waals surface area contributed by atoms with Gasteiger partial charge in [-0.05, 0) is 31.6 Å². The van der Waals surface area contributed by atoms with Crippen molar-refractivity contribution in [3.8, 4) is 0 Å². The molecule has 0 aromatic rings. The summed E-state index contributed by atoms with van der Waals surface area (Å²) in [4.78, 5) is 72.9. The summed E-state index contributed by atoms with van der Waals surface area (Å²) in [6.07, 6.45) is -0.345. The molecule has 33 heavy (non-hydrogen) atoms. The highest BCUT2D eigenvalue weighted by Crippen LogP contribution is 2.20. The van der Waals surface area contributed by atoms with E-state index in [-0.39, 0.29) is 38.1 Å². The number of primary amides is 1. The van der Waals surface area contributed by atoms with E-state index in [1.165, 1.54) is 4.90 Å². The van der Waals surface area contributed by atoms with Gasteiger partial charge in [-0.25, -0.2) is 4.79 Å². The third-order valence-electron chi connectivity index (χ3n) is 5.41. The van der Waals surface area contributed by atoms with Crippen LogP contribution in [-0.4, -0.2) is 81.4 Å². The molecule has 1 fully saturated rings. The molecule has 0 aliphatic carbocycles. The molecule has 0 bridgehead atoms. The van der Waals surface area contributed by atoms with E-state index >= 15 is 0 Å². The first kappa shape index (κ1) is 27.8. The third-order valence-corrected chi connectivity index (χ3v) is 5.41. The molecular formula is C20H33N5O8. The van der Waals surface area contributed by atoms with Crippen molar-refractivity contribution in [2.45, 2.75) is 76.5 Å². The predicted octanol–water partition coefficient (Wildman–Crippen LogP) is -1.85. The zero-order chi connectivity index (χ0) is 25.3. The van der Waals surface area contributed by atoms with Crippen LogP contribution < -0.4 is 22.1 Å². The number of hydrogen-bond acceptors (Lipinski definition) is 7. The van der Waals surface area contributed by atoms with Gasteiger partial charge in [-0.15, -0.1) is 0 Å². The number of likely N-dealkylation sites (tertiary alicyclic amines) is 1. The fourth-order valence-corrected chi connectivity index (χ4v) is 3.41. The van der Waals surface area contributed by atoms with Gasteiger partial charge < -0.3 is 37.2 Å². The largest absolute Gasteiger partial charge is 0.481 e. The molecule has 0 radical (unpaired) electrons. The SMILES string of the molecule is CC(C)C(N)C(=O)NC(CCC(=O)O)C(=O)N1CCCC1C(=O)NC(CCC(N)=O)C(=O)O. The smallest absolute Gasteiger partial charge is 0.326 e. The Bertz CT molecular complexity index is 772. The molecule has 1 saturated heterocycles. The molecule has 1 aliphatic heterocycles. The molecule has 4 unspecified atom stereocenters. The van der Waals surface area contributed by atoms with Gasteiger partial charge in [0.2, 0.25) is 23.6 Å². The highest BCUT2D eigenvalue weighted by atomic mass is 16.4. The van der Waals surface area contributed by atoms with Crippen molar-refractivity contribution in [2.75, 3.05) is 6.54 Å². The number of amides is 4. The highest BCUT2D eigenvalue weighted by Gasteiger charge is 2.39. The maximum atomic E-state index is 13.2. The van der Waals surface area contributed by atoms with Gasteiger partial charge >= 0.3 is 11.9 Å². The summed E-state index contributed by atoms with van der Waals surface area (Å²) in [5.74, 6) is -5.45. The molecule has 8 N–H and O–H groups in total. The molecule has 1 heterocycles. The minimum absolute atomic E-state index is 0.172. The van der Waals surface area contributed by atoms with Gasteiger partial charge in [0.05, 0.1) is 6.04 Å². The number of carbonyl (C=O) groups is 6. The molecule has 4 amide bonds. The number of carboxylic acids is 2. The van der Waals surface area contributed by atoms with Gasteiger partial charge in [0, 0.05) is 19.4 Å². The van der Waals surface area contributed by atoms with Gasteiger partial charge in [0.1, 0.15) is 18.1 Å². The molecule has 13 heteroatoms. The van der Waals surface area contributed by atoms with Crippen LogP contribution in [0.3, 0.4) is 0 Å². The van der Waals surface area contributed by atoms with Crippen LogP contribution in [0.4, 0.5) is 0 Å². The number of nitrogens with one attached hydrogen (secondary N) is 2. The Morgan fingerprint density at radius 1 is 1.00 bits per heavy atom. The van der Waals surface area contributed by atoms with Crippen LogP contribution in [0.2, 0.25) is 0 Å². The summed E-state index contributed by atoms with van der Waals surface area (Å²) in [5.41, 5.74) is 10.9. The average Bonchev–Trinajstić information content (AvgIpc) is 3.22. The lowest BCUT2D eigenvalue weighted by atomic mass is 10.0. The lowest BCUT2D eigenvalue weighted by Gasteiger charge is -2.30. The van der Waals surface area contributed by atoms with Crippen molar-refractivity contribution in [1.29, 1.82) is 0 Å². The van der Waals surface area contributed by atoms with Gasteiger partial charge in [0.15, 0.2) is 0 Å². The van der Waals surface area contributed by atoms with E-state index in [4.69, 9.17) is 16.6 Å². The van der Waals surface area contributed by atoms with E-state index in [0.29, 0.717) is 6.42 Å². The van der Waals surface area contributed by atoms with Crippen molar-refractivity contribution < 1.29 is 39.0 Å². The second-order valence-corrected chi connectivity index (χ2v) is 8.36. The molecule has 0 saturated carbocycles. The van der Waals surface area contributed by atoms with Crippen molar-refractivity contribution in [2.24, 2.45) is 17.4 Å². The van der Waals surface area contributed by atoms with Crippen LogP contribution in [-0.2, 0) is 28.8 Å². The van der Waals surface area contributed by atoms with E-state index in [9.17, 15) is 33.9 Å². The minimum atomic E-state index is -1.37. The molecule has 0 spiro atoms. The zero-order valence-corrected chi connectivity index (χ0v) is 18.8. The second kappa shape index (κ2) is 12.7. The topological polar surface area (TPSA) is 222 Å². The molecule has 1 aliphatic rings. The fourth-order valence-electron chi connectivity index (χ4n) is 3.41. The first-order valence-corrected chi connectivity index (χ1v) is 10.7. The zero-order valence-electron chi connectivity index (χ0n) is 18.8. The number of nitrogens with two attached hydrogens (primary N) is 2. The van der Waals surface area contributed by atoms with E-state index in [1.54, 1.807) is 13.8 Å².